The molecule has 0 aliphatic heterocycles. The zero-order valence-electron chi connectivity index (χ0n) is 24.5. The SMILES string of the molecule is CCCCCCC/C(=N\OC(C)=O)c1ccc(Sc2ccc(C(=O)c3oc4ccccc4c3-c3ccccc3)cc2)cc1. The van der Waals surface area contributed by atoms with Crippen LogP contribution in [0.2, 0.25) is 0 Å². The number of unbranched alkanes of at least 4 members (excludes halogenated alkanes) is 4. The van der Waals surface area contributed by atoms with Gasteiger partial charge >= 0.3 is 5.97 Å². The van der Waals surface area contributed by atoms with Crippen LogP contribution in [0.5, 0.6) is 0 Å². The molecule has 0 aliphatic rings. The second-order valence-corrected chi connectivity index (χ2v) is 11.6. The number of carbonyl (C=O) groups is 2. The Kier molecular flexibility index (Phi) is 10.2. The number of hydrogen-bond acceptors (Lipinski definition) is 6. The molecule has 0 saturated heterocycles. The maximum Gasteiger partial charge on any atom is 0.331 e. The molecule has 0 bridgehead atoms. The van der Waals surface area contributed by atoms with Crippen molar-refractivity contribution in [2.24, 2.45) is 5.16 Å². The number of rotatable bonds is 13. The van der Waals surface area contributed by atoms with E-state index in [1.54, 1.807) is 11.8 Å². The molecule has 0 saturated carbocycles. The van der Waals surface area contributed by atoms with Gasteiger partial charge in [-0.25, -0.2) is 4.79 Å². The van der Waals surface area contributed by atoms with Crippen LogP contribution in [0.25, 0.3) is 22.1 Å². The lowest BCUT2D eigenvalue weighted by molar-refractivity contribution is -0.140. The van der Waals surface area contributed by atoms with Crippen molar-refractivity contribution in [1.29, 1.82) is 0 Å². The predicted molar refractivity (Wildman–Crippen MR) is 174 cm³/mol. The summed E-state index contributed by atoms with van der Waals surface area (Å²) in [5.74, 6) is -0.223. The summed E-state index contributed by atoms with van der Waals surface area (Å²) in [6, 6.07) is 33.4. The van der Waals surface area contributed by atoms with Crippen LogP contribution in [0.15, 0.2) is 122 Å². The van der Waals surface area contributed by atoms with E-state index in [0.29, 0.717) is 16.9 Å². The molecule has 0 fully saturated rings. The first-order valence-corrected chi connectivity index (χ1v) is 15.6. The van der Waals surface area contributed by atoms with Crippen LogP contribution in [-0.4, -0.2) is 17.5 Å². The van der Waals surface area contributed by atoms with Crippen LogP contribution < -0.4 is 0 Å². The Bertz CT molecular complexity index is 1700. The summed E-state index contributed by atoms with van der Waals surface area (Å²) in [5.41, 5.74) is 4.76. The van der Waals surface area contributed by atoms with Crippen molar-refractivity contribution in [3.8, 4) is 11.1 Å². The van der Waals surface area contributed by atoms with E-state index in [0.717, 1.165) is 56.8 Å². The number of nitrogens with zero attached hydrogens (tertiary/aromatic N) is 1. The summed E-state index contributed by atoms with van der Waals surface area (Å²) in [6.07, 6.45) is 6.51. The lowest BCUT2D eigenvalue weighted by Gasteiger charge is -2.08. The highest BCUT2D eigenvalue weighted by Gasteiger charge is 2.23. The van der Waals surface area contributed by atoms with Gasteiger partial charge < -0.3 is 9.25 Å². The maximum atomic E-state index is 13.7. The first-order chi connectivity index (χ1) is 21.0. The van der Waals surface area contributed by atoms with Crippen molar-refractivity contribution in [2.75, 3.05) is 0 Å². The van der Waals surface area contributed by atoms with Gasteiger partial charge in [-0.1, -0.05) is 110 Å². The Morgan fingerprint density at radius 3 is 2.05 bits per heavy atom. The fraction of sp³-hybridized carbons (Fsp3) is 0.216. The van der Waals surface area contributed by atoms with Crippen LogP contribution in [-0.2, 0) is 9.63 Å². The zero-order chi connectivity index (χ0) is 30.0. The van der Waals surface area contributed by atoms with E-state index in [9.17, 15) is 9.59 Å². The van der Waals surface area contributed by atoms with E-state index < -0.39 is 5.97 Å². The van der Waals surface area contributed by atoms with E-state index in [4.69, 9.17) is 9.25 Å². The van der Waals surface area contributed by atoms with Gasteiger partial charge in [-0.05, 0) is 66.4 Å². The highest BCUT2D eigenvalue weighted by Crippen LogP contribution is 2.36. The van der Waals surface area contributed by atoms with Gasteiger partial charge in [-0.2, -0.15) is 0 Å². The van der Waals surface area contributed by atoms with Crippen molar-refractivity contribution >= 4 is 40.2 Å². The molecule has 5 rings (SSSR count). The largest absolute Gasteiger partial charge is 0.452 e. The van der Waals surface area contributed by atoms with Crippen molar-refractivity contribution in [3.05, 3.63) is 120 Å². The normalized spacial score (nSPS) is 11.5. The Hall–Kier alpha value is -4.42. The van der Waals surface area contributed by atoms with Gasteiger partial charge in [0.1, 0.15) is 5.58 Å². The highest BCUT2D eigenvalue weighted by atomic mass is 32.2. The summed E-state index contributed by atoms with van der Waals surface area (Å²) in [5, 5.41) is 5.06. The van der Waals surface area contributed by atoms with Crippen molar-refractivity contribution in [1.82, 2.24) is 0 Å². The Labute approximate surface area is 257 Å². The average Bonchev–Trinajstić information content (AvgIpc) is 3.43. The first kappa shape index (κ1) is 30.1. The van der Waals surface area contributed by atoms with Crippen LogP contribution in [0.4, 0.5) is 0 Å². The van der Waals surface area contributed by atoms with Gasteiger partial charge in [-0.15, -0.1) is 0 Å². The summed E-state index contributed by atoms with van der Waals surface area (Å²) in [6.45, 7) is 3.56. The molecule has 0 atom stereocenters. The number of benzene rings is 4. The van der Waals surface area contributed by atoms with Crippen molar-refractivity contribution in [3.63, 3.8) is 0 Å². The van der Waals surface area contributed by atoms with Gasteiger partial charge in [0.05, 0.1) is 5.71 Å². The molecule has 43 heavy (non-hydrogen) atoms. The minimum Gasteiger partial charge on any atom is -0.452 e. The Morgan fingerprint density at radius 1 is 0.744 bits per heavy atom. The summed E-state index contributed by atoms with van der Waals surface area (Å²) < 4.78 is 6.11. The molecule has 218 valence electrons. The second-order valence-electron chi connectivity index (χ2n) is 10.4. The quantitative estimate of drug-likeness (QED) is 0.0449. The van der Waals surface area contributed by atoms with Gasteiger partial charge in [0.15, 0.2) is 5.76 Å². The van der Waals surface area contributed by atoms with E-state index >= 15 is 0 Å². The average molecular weight is 590 g/mol. The number of fused-ring (bicyclic) bond motifs is 1. The predicted octanol–water partition coefficient (Wildman–Crippen LogP) is 10.1. The summed E-state index contributed by atoms with van der Waals surface area (Å²) in [4.78, 5) is 32.1. The van der Waals surface area contributed by atoms with Gasteiger partial charge in [0.25, 0.3) is 0 Å². The lowest BCUT2D eigenvalue weighted by atomic mass is 9.98. The molecule has 1 heterocycles. The van der Waals surface area contributed by atoms with E-state index in [1.807, 2.05) is 103 Å². The maximum absolute atomic E-state index is 13.7. The number of carbonyl (C=O) groups excluding carboxylic acids is 2. The fourth-order valence-corrected chi connectivity index (χ4v) is 5.83. The molecular weight excluding hydrogens is 554 g/mol. The third kappa shape index (κ3) is 7.70. The molecule has 6 heteroatoms. The fourth-order valence-electron chi connectivity index (χ4n) is 5.01. The standard InChI is InChI=1S/C37H35NO4S/c1-3-4-5-6-10-16-33(38-42-26(2)39)27-18-22-30(23-19-27)43-31-24-20-29(21-25-31)36(40)37-35(28-13-8-7-9-14-28)32-15-11-12-17-34(32)41-37/h7-9,11-15,17-25H,3-6,10,16H2,1-2H3/b38-33+. The van der Waals surface area contributed by atoms with Crippen LogP contribution in [0.1, 0.15) is 74.1 Å². The van der Waals surface area contributed by atoms with Gasteiger partial charge in [0.2, 0.25) is 5.78 Å². The minimum absolute atomic E-state index is 0.148. The molecule has 0 N–H and O–H groups in total. The number of ketones is 1. The Morgan fingerprint density at radius 2 is 1.37 bits per heavy atom. The first-order valence-electron chi connectivity index (χ1n) is 14.8. The molecule has 0 radical (unpaired) electrons. The van der Waals surface area contributed by atoms with E-state index in [1.165, 1.54) is 26.2 Å². The topological polar surface area (TPSA) is 68.9 Å². The molecule has 5 aromatic rings. The highest BCUT2D eigenvalue weighted by molar-refractivity contribution is 7.99. The summed E-state index contributed by atoms with van der Waals surface area (Å²) >= 11 is 1.61. The monoisotopic (exact) mass is 589 g/mol. The molecule has 0 spiro atoms. The number of para-hydroxylation sites is 1. The van der Waals surface area contributed by atoms with Crippen molar-refractivity contribution in [2.45, 2.75) is 62.2 Å². The molecule has 1 aromatic heterocycles. The zero-order valence-corrected chi connectivity index (χ0v) is 25.4. The molecule has 5 nitrogen and oxygen atoms in total. The number of oxime groups is 1. The number of furan rings is 1. The molecule has 0 aliphatic carbocycles. The molecule has 4 aromatic carbocycles. The lowest BCUT2D eigenvalue weighted by Crippen LogP contribution is -2.04. The van der Waals surface area contributed by atoms with Crippen molar-refractivity contribution < 1.29 is 18.8 Å². The van der Waals surface area contributed by atoms with E-state index in [-0.39, 0.29) is 5.78 Å². The summed E-state index contributed by atoms with van der Waals surface area (Å²) in [7, 11) is 0. The third-order valence-corrected chi connectivity index (χ3v) is 8.22. The Balaban J connectivity index is 1.30. The third-order valence-electron chi connectivity index (χ3n) is 7.21. The number of hydrogen-bond donors (Lipinski definition) is 0. The van der Waals surface area contributed by atoms with Crippen LogP contribution in [0.3, 0.4) is 0 Å². The second kappa shape index (κ2) is 14.7. The van der Waals surface area contributed by atoms with E-state index in [2.05, 4.69) is 12.1 Å². The van der Waals surface area contributed by atoms with Gasteiger partial charge in [-0.3, -0.25) is 4.79 Å². The van der Waals surface area contributed by atoms with Crippen LogP contribution >= 0.6 is 11.8 Å². The molecule has 0 amide bonds. The molecular formula is C37H35NO4S. The van der Waals surface area contributed by atoms with Crippen LogP contribution in [0, 0.1) is 0 Å². The molecule has 0 unspecified atom stereocenters. The smallest absolute Gasteiger partial charge is 0.331 e. The minimum atomic E-state index is -0.422. The van der Waals surface area contributed by atoms with Gasteiger partial charge in [0, 0.05) is 33.2 Å².